The van der Waals surface area contributed by atoms with Crippen LogP contribution in [-0.4, -0.2) is 67.3 Å². The number of rotatable bonds is 4. The van der Waals surface area contributed by atoms with Crippen molar-refractivity contribution in [3.8, 4) is 0 Å². The van der Waals surface area contributed by atoms with Crippen molar-refractivity contribution in [1.82, 2.24) is 9.80 Å². The molecule has 1 saturated heterocycles. The summed E-state index contributed by atoms with van der Waals surface area (Å²) in [6.07, 6.45) is 2.46. The highest BCUT2D eigenvalue weighted by Gasteiger charge is 2.24. The van der Waals surface area contributed by atoms with E-state index in [4.69, 9.17) is 10.8 Å². The normalized spacial score (nSPS) is 26.8. The van der Waals surface area contributed by atoms with Crippen LogP contribution in [0.4, 0.5) is 0 Å². The number of nitrogens with two attached hydrogens (primary N) is 1. The quantitative estimate of drug-likeness (QED) is 0.633. The SMILES string of the molecule is CN1CCCC(N(C)C(CN)CO)C1. The average Bonchev–Trinajstić information content (AvgIpc) is 2.19. The van der Waals surface area contributed by atoms with Crippen LogP contribution < -0.4 is 5.73 Å². The summed E-state index contributed by atoms with van der Waals surface area (Å²) in [6.45, 7) is 2.98. The van der Waals surface area contributed by atoms with Crippen molar-refractivity contribution in [2.75, 3.05) is 40.3 Å². The molecule has 0 bridgehead atoms. The van der Waals surface area contributed by atoms with E-state index in [-0.39, 0.29) is 12.6 Å². The van der Waals surface area contributed by atoms with Gasteiger partial charge >= 0.3 is 0 Å². The van der Waals surface area contributed by atoms with E-state index in [0.29, 0.717) is 12.6 Å². The van der Waals surface area contributed by atoms with Crippen molar-refractivity contribution < 1.29 is 5.11 Å². The van der Waals surface area contributed by atoms with Crippen LogP contribution in [0.5, 0.6) is 0 Å². The van der Waals surface area contributed by atoms with Gasteiger partial charge in [-0.05, 0) is 33.5 Å². The molecule has 3 N–H and O–H groups in total. The van der Waals surface area contributed by atoms with Gasteiger partial charge in [0.2, 0.25) is 0 Å². The first-order chi connectivity index (χ1) is 6.69. The molecule has 2 unspecified atom stereocenters. The molecule has 0 aliphatic carbocycles. The monoisotopic (exact) mass is 201 g/mol. The number of nitrogens with zero attached hydrogens (tertiary/aromatic N) is 2. The van der Waals surface area contributed by atoms with E-state index in [1.807, 2.05) is 0 Å². The molecule has 1 aliphatic rings. The standard InChI is InChI=1S/C10H23N3O/c1-12-5-3-4-9(7-12)13(2)10(6-11)8-14/h9-10,14H,3-8,11H2,1-2H3. The lowest BCUT2D eigenvalue weighted by molar-refractivity contribution is 0.0711. The van der Waals surface area contributed by atoms with Gasteiger partial charge in [-0.3, -0.25) is 4.90 Å². The zero-order valence-corrected chi connectivity index (χ0v) is 9.32. The van der Waals surface area contributed by atoms with Crippen LogP contribution >= 0.6 is 0 Å². The molecule has 14 heavy (non-hydrogen) atoms. The molecular weight excluding hydrogens is 178 g/mol. The molecule has 1 rings (SSSR count). The summed E-state index contributed by atoms with van der Waals surface area (Å²) in [5, 5.41) is 9.16. The van der Waals surface area contributed by atoms with Crippen molar-refractivity contribution in [1.29, 1.82) is 0 Å². The maximum absolute atomic E-state index is 9.16. The minimum absolute atomic E-state index is 0.117. The second kappa shape index (κ2) is 5.66. The van der Waals surface area contributed by atoms with Crippen LogP contribution in [0, 0.1) is 0 Å². The third-order valence-electron chi connectivity index (χ3n) is 3.23. The molecule has 1 aliphatic heterocycles. The molecule has 4 nitrogen and oxygen atoms in total. The molecular formula is C10H23N3O. The fourth-order valence-electron chi connectivity index (χ4n) is 2.14. The Morgan fingerprint density at radius 2 is 2.36 bits per heavy atom. The Bertz CT molecular complexity index is 161. The van der Waals surface area contributed by atoms with Crippen LogP contribution in [0.15, 0.2) is 0 Å². The van der Waals surface area contributed by atoms with Gasteiger partial charge in [0, 0.05) is 25.2 Å². The van der Waals surface area contributed by atoms with Gasteiger partial charge in [-0.2, -0.15) is 0 Å². The van der Waals surface area contributed by atoms with Crippen molar-refractivity contribution in [2.45, 2.75) is 24.9 Å². The van der Waals surface area contributed by atoms with Crippen LogP contribution in [0.1, 0.15) is 12.8 Å². The number of hydrogen-bond acceptors (Lipinski definition) is 4. The summed E-state index contributed by atoms with van der Waals surface area (Å²) < 4.78 is 0. The zero-order valence-electron chi connectivity index (χ0n) is 9.32. The number of hydrogen-bond donors (Lipinski definition) is 2. The van der Waals surface area contributed by atoms with Gasteiger partial charge in [-0.1, -0.05) is 0 Å². The number of likely N-dealkylation sites (tertiary alicyclic amines) is 1. The summed E-state index contributed by atoms with van der Waals surface area (Å²) in [5.41, 5.74) is 5.61. The zero-order chi connectivity index (χ0) is 10.6. The van der Waals surface area contributed by atoms with Gasteiger partial charge in [-0.25, -0.2) is 0 Å². The van der Waals surface area contributed by atoms with Gasteiger partial charge in [-0.15, -0.1) is 0 Å². The Hall–Kier alpha value is -0.160. The maximum atomic E-state index is 9.16. The summed E-state index contributed by atoms with van der Waals surface area (Å²) >= 11 is 0. The molecule has 0 saturated carbocycles. The predicted molar refractivity (Wildman–Crippen MR) is 58.2 cm³/mol. The van der Waals surface area contributed by atoms with E-state index in [0.717, 1.165) is 6.54 Å². The number of likely N-dealkylation sites (N-methyl/N-ethyl adjacent to an activating group) is 2. The van der Waals surface area contributed by atoms with Crippen LogP contribution in [0.25, 0.3) is 0 Å². The second-order valence-corrected chi connectivity index (χ2v) is 4.30. The molecule has 0 radical (unpaired) electrons. The first-order valence-corrected chi connectivity index (χ1v) is 5.40. The lowest BCUT2D eigenvalue weighted by Gasteiger charge is -2.39. The van der Waals surface area contributed by atoms with E-state index in [1.54, 1.807) is 0 Å². The first-order valence-electron chi connectivity index (χ1n) is 5.40. The Morgan fingerprint density at radius 3 is 2.86 bits per heavy atom. The summed E-state index contributed by atoms with van der Waals surface area (Å²) in [7, 11) is 4.22. The van der Waals surface area contributed by atoms with Gasteiger partial charge in [0.05, 0.1) is 6.61 Å². The number of piperidine rings is 1. The molecule has 1 heterocycles. The number of aliphatic hydroxyl groups excluding tert-OH is 1. The molecule has 1 fully saturated rings. The van der Waals surface area contributed by atoms with Gasteiger partial charge < -0.3 is 15.7 Å². The van der Waals surface area contributed by atoms with E-state index in [9.17, 15) is 0 Å². The fraction of sp³-hybridized carbons (Fsp3) is 1.00. The molecule has 0 aromatic carbocycles. The molecule has 0 amide bonds. The summed E-state index contributed by atoms with van der Waals surface area (Å²) in [6, 6.07) is 0.668. The fourth-order valence-corrected chi connectivity index (χ4v) is 2.14. The third kappa shape index (κ3) is 2.92. The Labute approximate surface area is 86.7 Å². The molecule has 2 atom stereocenters. The van der Waals surface area contributed by atoms with Crippen LogP contribution in [0.2, 0.25) is 0 Å². The Kier molecular flexibility index (Phi) is 4.81. The topological polar surface area (TPSA) is 52.7 Å². The average molecular weight is 201 g/mol. The molecule has 0 aromatic rings. The minimum Gasteiger partial charge on any atom is -0.395 e. The van der Waals surface area contributed by atoms with Gasteiger partial charge in [0.15, 0.2) is 0 Å². The summed E-state index contributed by atoms with van der Waals surface area (Å²) in [5.74, 6) is 0. The number of aliphatic hydroxyl groups is 1. The van der Waals surface area contributed by atoms with Crippen molar-refractivity contribution in [3.63, 3.8) is 0 Å². The highest BCUT2D eigenvalue weighted by atomic mass is 16.3. The van der Waals surface area contributed by atoms with Crippen LogP contribution in [0.3, 0.4) is 0 Å². The molecule has 4 heteroatoms. The van der Waals surface area contributed by atoms with E-state index < -0.39 is 0 Å². The smallest absolute Gasteiger partial charge is 0.0599 e. The van der Waals surface area contributed by atoms with E-state index in [1.165, 1.54) is 19.4 Å². The lowest BCUT2D eigenvalue weighted by Crippen LogP contribution is -2.52. The van der Waals surface area contributed by atoms with E-state index >= 15 is 0 Å². The van der Waals surface area contributed by atoms with Gasteiger partial charge in [0.25, 0.3) is 0 Å². The third-order valence-corrected chi connectivity index (χ3v) is 3.23. The highest BCUT2D eigenvalue weighted by Crippen LogP contribution is 2.15. The largest absolute Gasteiger partial charge is 0.395 e. The maximum Gasteiger partial charge on any atom is 0.0599 e. The van der Waals surface area contributed by atoms with Crippen molar-refractivity contribution in [2.24, 2.45) is 5.73 Å². The lowest BCUT2D eigenvalue weighted by atomic mass is 10.0. The molecule has 0 aromatic heterocycles. The van der Waals surface area contributed by atoms with Crippen molar-refractivity contribution in [3.05, 3.63) is 0 Å². The van der Waals surface area contributed by atoms with Gasteiger partial charge in [0.1, 0.15) is 0 Å². The molecule has 0 spiro atoms. The highest BCUT2D eigenvalue weighted by molar-refractivity contribution is 4.82. The van der Waals surface area contributed by atoms with Crippen molar-refractivity contribution >= 4 is 0 Å². The van der Waals surface area contributed by atoms with Crippen LogP contribution in [-0.2, 0) is 0 Å². The Balaban J connectivity index is 2.45. The van der Waals surface area contributed by atoms with E-state index in [2.05, 4.69) is 23.9 Å². The Morgan fingerprint density at radius 1 is 1.64 bits per heavy atom. The first kappa shape index (κ1) is 11.9. The minimum atomic E-state index is 0.117. The predicted octanol–water partition coefficient (Wildman–Crippen LogP) is -0.668. The second-order valence-electron chi connectivity index (χ2n) is 4.30. The molecule has 84 valence electrons. The summed E-state index contributed by atoms with van der Waals surface area (Å²) in [4.78, 5) is 4.57.